The quantitative estimate of drug-likeness (QED) is 0.239. The van der Waals surface area contributed by atoms with Crippen LogP contribution in [0.15, 0.2) is 101 Å². The lowest BCUT2D eigenvalue weighted by Crippen LogP contribution is -2.26. The molecule has 0 aliphatic rings. The van der Waals surface area contributed by atoms with Crippen LogP contribution >= 0.6 is 11.8 Å². The minimum absolute atomic E-state index is 0.257. The van der Waals surface area contributed by atoms with Crippen LogP contribution in [0.1, 0.15) is 33.3 Å². The second-order valence-corrected chi connectivity index (χ2v) is 9.44. The zero-order chi connectivity index (χ0) is 26.2. The number of benzene rings is 3. The minimum atomic E-state index is -0.257. The Hall–Kier alpha value is -4.37. The van der Waals surface area contributed by atoms with E-state index < -0.39 is 0 Å². The van der Waals surface area contributed by atoms with Crippen molar-refractivity contribution >= 4 is 17.7 Å². The van der Waals surface area contributed by atoms with Gasteiger partial charge in [-0.3, -0.25) is 9.36 Å². The number of aromatic nitrogens is 4. The van der Waals surface area contributed by atoms with Gasteiger partial charge in [0.2, 0.25) is 5.89 Å². The number of amides is 1. The number of methoxy groups -OCH3 is 1. The lowest BCUT2D eigenvalue weighted by Gasteiger charge is -2.11. The van der Waals surface area contributed by atoms with Crippen LogP contribution in [0, 0.1) is 0 Å². The summed E-state index contributed by atoms with van der Waals surface area (Å²) in [4.78, 5) is 16.9. The zero-order valence-electron chi connectivity index (χ0n) is 20.9. The average Bonchev–Trinajstić information content (AvgIpc) is 3.60. The topological polar surface area (TPSA) is 95.1 Å². The van der Waals surface area contributed by atoms with Gasteiger partial charge < -0.3 is 14.5 Å². The molecule has 0 unspecified atom stereocenters. The standard InChI is InChI=1S/C29H27N5O3S/c1-36-24-14-12-23(13-15-24)34-26(18-22-10-6-3-7-11-22)32-33-29(34)38-20-27-31-25(19-37-27)28(35)30-17-16-21-8-4-2-5-9-21/h2-15,19H,16-18,20H2,1H3,(H,30,35). The summed E-state index contributed by atoms with van der Waals surface area (Å²) < 4.78 is 12.9. The van der Waals surface area contributed by atoms with E-state index in [4.69, 9.17) is 9.15 Å². The summed E-state index contributed by atoms with van der Waals surface area (Å²) in [5.41, 5.74) is 3.49. The Balaban J connectivity index is 1.27. The Morgan fingerprint density at radius 3 is 2.37 bits per heavy atom. The Kier molecular flexibility index (Phi) is 8.15. The van der Waals surface area contributed by atoms with Crippen molar-refractivity contribution in [3.63, 3.8) is 0 Å². The van der Waals surface area contributed by atoms with E-state index in [1.807, 2.05) is 77.4 Å². The van der Waals surface area contributed by atoms with Crippen molar-refractivity contribution in [3.05, 3.63) is 120 Å². The average molecular weight is 526 g/mol. The van der Waals surface area contributed by atoms with Crippen LogP contribution in [0.4, 0.5) is 0 Å². The van der Waals surface area contributed by atoms with Crippen molar-refractivity contribution in [1.29, 1.82) is 0 Å². The van der Waals surface area contributed by atoms with Crippen molar-refractivity contribution in [1.82, 2.24) is 25.1 Å². The molecular formula is C29H27N5O3S. The zero-order valence-corrected chi connectivity index (χ0v) is 21.7. The first-order chi connectivity index (χ1) is 18.7. The number of hydrogen-bond acceptors (Lipinski definition) is 7. The number of oxazole rings is 1. The van der Waals surface area contributed by atoms with Crippen LogP contribution in [0.5, 0.6) is 5.75 Å². The van der Waals surface area contributed by atoms with Crippen molar-refractivity contribution in [2.24, 2.45) is 0 Å². The maximum Gasteiger partial charge on any atom is 0.273 e. The van der Waals surface area contributed by atoms with Crippen LogP contribution in [-0.4, -0.2) is 39.3 Å². The van der Waals surface area contributed by atoms with Gasteiger partial charge in [-0.2, -0.15) is 0 Å². The molecule has 0 radical (unpaired) electrons. The van der Waals surface area contributed by atoms with Crippen LogP contribution in [0.25, 0.3) is 5.69 Å². The monoisotopic (exact) mass is 525 g/mol. The largest absolute Gasteiger partial charge is 0.497 e. The smallest absolute Gasteiger partial charge is 0.273 e. The SMILES string of the molecule is COc1ccc(-n2c(Cc3ccccc3)nnc2SCc2nc(C(=O)NCCc3ccccc3)co2)cc1. The highest BCUT2D eigenvalue weighted by Crippen LogP contribution is 2.27. The first-order valence-electron chi connectivity index (χ1n) is 12.2. The molecule has 8 nitrogen and oxygen atoms in total. The number of thioether (sulfide) groups is 1. The number of ether oxygens (including phenoxy) is 1. The van der Waals surface area contributed by atoms with E-state index in [9.17, 15) is 4.79 Å². The summed E-state index contributed by atoms with van der Waals surface area (Å²) in [5.74, 6) is 2.17. The predicted molar refractivity (Wildman–Crippen MR) is 146 cm³/mol. The lowest BCUT2D eigenvalue weighted by atomic mass is 10.1. The molecule has 0 saturated heterocycles. The van der Waals surface area contributed by atoms with Crippen LogP contribution in [-0.2, 0) is 18.6 Å². The van der Waals surface area contributed by atoms with E-state index in [2.05, 4.69) is 32.6 Å². The van der Waals surface area contributed by atoms with Crippen molar-refractivity contribution in [2.75, 3.05) is 13.7 Å². The van der Waals surface area contributed by atoms with Gasteiger partial charge >= 0.3 is 0 Å². The van der Waals surface area contributed by atoms with Crippen molar-refractivity contribution in [2.45, 2.75) is 23.8 Å². The molecule has 3 aromatic carbocycles. The number of carbonyl (C=O) groups excluding carboxylic acids is 1. The molecule has 5 aromatic rings. The van der Waals surface area contributed by atoms with Gasteiger partial charge in [-0.25, -0.2) is 4.98 Å². The Labute approximate surface area is 225 Å². The van der Waals surface area contributed by atoms with Crippen LogP contribution in [0.2, 0.25) is 0 Å². The van der Waals surface area contributed by atoms with Gasteiger partial charge in [0.25, 0.3) is 5.91 Å². The molecule has 0 aliphatic carbocycles. The molecule has 5 rings (SSSR count). The second kappa shape index (κ2) is 12.2. The molecule has 1 N–H and O–H groups in total. The Morgan fingerprint density at radius 2 is 1.66 bits per heavy atom. The minimum Gasteiger partial charge on any atom is -0.497 e. The van der Waals surface area contributed by atoms with Crippen molar-refractivity contribution in [3.8, 4) is 11.4 Å². The van der Waals surface area contributed by atoms with E-state index >= 15 is 0 Å². The van der Waals surface area contributed by atoms with E-state index in [0.717, 1.165) is 34.8 Å². The molecule has 1 amide bonds. The fourth-order valence-electron chi connectivity index (χ4n) is 3.94. The van der Waals surface area contributed by atoms with E-state index in [0.29, 0.717) is 29.8 Å². The molecule has 192 valence electrons. The van der Waals surface area contributed by atoms with Gasteiger partial charge in [0.1, 0.15) is 17.8 Å². The first kappa shape index (κ1) is 25.3. The summed E-state index contributed by atoms with van der Waals surface area (Å²) in [6, 6.07) is 27.9. The van der Waals surface area contributed by atoms with Gasteiger partial charge in [-0.15, -0.1) is 10.2 Å². The van der Waals surface area contributed by atoms with E-state index in [1.54, 1.807) is 7.11 Å². The van der Waals surface area contributed by atoms with Crippen LogP contribution in [0.3, 0.4) is 0 Å². The number of nitrogens with one attached hydrogen (secondary N) is 1. The molecular weight excluding hydrogens is 498 g/mol. The van der Waals surface area contributed by atoms with Gasteiger partial charge in [0, 0.05) is 18.7 Å². The number of carbonyl (C=O) groups is 1. The molecule has 0 bridgehead atoms. The summed E-state index contributed by atoms with van der Waals surface area (Å²) in [6.45, 7) is 0.523. The molecule has 9 heteroatoms. The molecule has 0 saturated carbocycles. The highest BCUT2D eigenvalue weighted by atomic mass is 32.2. The van der Waals surface area contributed by atoms with Gasteiger partial charge in [0.05, 0.1) is 12.9 Å². The Morgan fingerprint density at radius 1 is 0.947 bits per heavy atom. The number of nitrogens with zero attached hydrogens (tertiary/aromatic N) is 4. The summed E-state index contributed by atoms with van der Waals surface area (Å²) in [7, 11) is 1.64. The molecule has 0 spiro atoms. The molecule has 0 aliphatic heterocycles. The third-order valence-corrected chi connectivity index (χ3v) is 6.80. The molecule has 0 fully saturated rings. The second-order valence-electron chi connectivity index (χ2n) is 8.50. The summed E-state index contributed by atoms with van der Waals surface area (Å²) in [5, 5.41) is 12.5. The maximum atomic E-state index is 12.5. The predicted octanol–water partition coefficient (Wildman–Crippen LogP) is 5.12. The molecule has 0 atom stereocenters. The Bertz CT molecular complexity index is 1470. The molecule has 2 heterocycles. The normalized spacial score (nSPS) is 10.9. The molecule has 2 aromatic heterocycles. The van der Waals surface area contributed by atoms with Gasteiger partial charge in [0.15, 0.2) is 10.9 Å². The van der Waals surface area contributed by atoms with E-state index in [1.165, 1.54) is 18.0 Å². The van der Waals surface area contributed by atoms with Gasteiger partial charge in [-0.05, 0) is 41.8 Å². The lowest BCUT2D eigenvalue weighted by molar-refractivity contribution is 0.0949. The number of rotatable bonds is 11. The van der Waals surface area contributed by atoms with Crippen molar-refractivity contribution < 1.29 is 13.9 Å². The van der Waals surface area contributed by atoms with Crippen LogP contribution < -0.4 is 10.1 Å². The fourth-order valence-corrected chi connectivity index (χ4v) is 4.76. The summed E-state index contributed by atoms with van der Waals surface area (Å²) in [6.07, 6.45) is 2.77. The first-order valence-corrected chi connectivity index (χ1v) is 13.2. The third kappa shape index (κ3) is 6.30. The number of hydrogen-bond donors (Lipinski definition) is 1. The highest BCUT2D eigenvalue weighted by molar-refractivity contribution is 7.98. The summed E-state index contributed by atoms with van der Waals surface area (Å²) >= 11 is 1.45. The van der Waals surface area contributed by atoms with E-state index in [-0.39, 0.29) is 11.6 Å². The van der Waals surface area contributed by atoms with Gasteiger partial charge in [-0.1, -0.05) is 72.4 Å². The highest BCUT2D eigenvalue weighted by Gasteiger charge is 2.18. The fraction of sp³-hybridized carbons (Fsp3) is 0.172. The third-order valence-electron chi connectivity index (χ3n) is 5.89. The molecule has 38 heavy (non-hydrogen) atoms. The maximum absolute atomic E-state index is 12.5.